The molecule has 230 valence electrons. The van der Waals surface area contributed by atoms with Crippen molar-refractivity contribution in [2.24, 2.45) is 0 Å². The summed E-state index contributed by atoms with van der Waals surface area (Å²) in [6.45, 7) is 10.3. The summed E-state index contributed by atoms with van der Waals surface area (Å²) in [5.74, 6) is -0.925. The number of ether oxygens (including phenoxy) is 1. The molecular formula is C30H37FN6O5S. The molecule has 1 atom stereocenters. The fourth-order valence-electron chi connectivity index (χ4n) is 5.49. The van der Waals surface area contributed by atoms with Gasteiger partial charge in [-0.1, -0.05) is 24.3 Å². The maximum atomic E-state index is 14.6. The van der Waals surface area contributed by atoms with Crippen molar-refractivity contribution >= 4 is 27.5 Å². The fraction of sp³-hybridized carbons (Fsp3) is 0.500. The molecule has 1 fully saturated rings. The van der Waals surface area contributed by atoms with Gasteiger partial charge in [-0.3, -0.25) is 14.2 Å². The average molecular weight is 613 g/mol. The van der Waals surface area contributed by atoms with Crippen molar-refractivity contribution in [3.63, 3.8) is 0 Å². The first-order chi connectivity index (χ1) is 20.3. The molecule has 1 amide bonds. The first-order valence-electron chi connectivity index (χ1n) is 14.4. The molecule has 0 spiro atoms. The number of aliphatic hydroxyl groups excluding tert-OH is 1. The molecule has 43 heavy (non-hydrogen) atoms. The number of halogens is 1. The van der Waals surface area contributed by atoms with E-state index in [1.807, 2.05) is 6.92 Å². The topological polar surface area (TPSA) is 133 Å². The third-order valence-electron chi connectivity index (χ3n) is 7.93. The molecule has 11 nitrogen and oxygen atoms in total. The summed E-state index contributed by atoms with van der Waals surface area (Å²) < 4.78 is 23.5. The number of aromatic nitrogens is 5. The van der Waals surface area contributed by atoms with Crippen LogP contribution in [-0.2, 0) is 28.0 Å². The highest BCUT2D eigenvalue weighted by Crippen LogP contribution is 2.35. The summed E-state index contributed by atoms with van der Waals surface area (Å²) in [5.41, 5.74) is -0.853. The maximum Gasteiger partial charge on any atom is 0.333 e. The molecule has 0 bridgehead atoms. The van der Waals surface area contributed by atoms with E-state index in [4.69, 9.17) is 4.74 Å². The summed E-state index contributed by atoms with van der Waals surface area (Å²) in [6.07, 6.45) is 2.93. The zero-order valence-corrected chi connectivity index (χ0v) is 25.9. The van der Waals surface area contributed by atoms with Gasteiger partial charge in [-0.25, -0.2) is 13.8 Å². The van der Waals surface area contributed by atoms with Crippen LogP contribution in [0.1, 0.15) is 70.3 Å². The number of aliphatic hydroxyl groups is 1. The van der Waals surface area contributed by atoms with Gasteiger partial charge in [-0.2, -0.15) is 10.2 Å². The minimum Gasteiger partial charge on any atom is -0.393 e. The van der Waals surface area contributed by atoms with Crippen LogP contribution in [0.4, 0.5) is 4.39 Å². The quantitative estimate of drug-likeness (QED) is 0.281. The molecule has 1 aliphatic rings. The highest BCUT2D eigenvalue weighted by Gasteiger charge is 2.37. The summed E-state index contributed by atoms with van der Waals surface area (Å²) in [5, 5.41) is 22.0. The summed E-state index contributed by atoms with van der Waals surface area (Å²) in [4.78, 5) is 43.7. The maximum absolute atomic E-state index is 14.6. The number of carbonyl (C=O) groups excluding carboxylic acids is 1. The number of hydrogen-bond donors (Lipinski definition) is 2. The smallest absolute Gasteiger partial charge is 0.333 e. The second-order valence-electron chi connectivity index (χ2n) is 11.8. The second kappa shape index (κ2) is 11.8. The Balaban J connectivity index is 1.76. The third kappa shape index (κ3) is 5.68. The number of hydrogen-bond acceptors (Lipinski definition) is 8. The highest BCUT2D eigenvalue weighted by atomic mass is 32.1. The van der Waals surface area contributed by atoms with E-state index in [0.717, 1.165) is 10.1 Å². The van der Waals surface area contributed by atoms with E-state index < -0.39 is 40.7 Å². The highest BCUT2D eigenvalue weighted by molar-refractivity contribution is 7.21. The lowest BCUT2D eigenvalue weighted by Crippen LogP contribution is -2.56. The molecule has 0 radical (unpaired) electrons. The van der Waals surface area contributed by atoms with Gasteiger partial charge in [0.05, 0.1) is 36.5 Å². The van der Waals surface area contributed by atoms with Crippen LogP contribution >= 0.6 is 11.3 Å². The molecule has 1 aliphatic carbocycles. The summed E-state index contributed by atoms with van der Waals surface area (Å²) in [7, 11) is 0. The Morgan fingerprint density at radius 1 is 1.23 bits per heavy atom. The van der Waals surface area contributed by atoms with Gasteiger partial charge in [0.15, 0.2) is 0 Å². The summed E-state index contributed by atoms with van der Waals surface area (Å²) >= 11 is 1.18. The lowest BCUT2D eigenvalue weighted by Gasteiger charge is -2.35. The molecule has 0 saturated heterocycles. The van der Waals surface area contributed by atoms with E-state index in [2.05, 4.69) is 15.5 Å². The van der Waals surface area contributed by atoms with Gasteiger partial charge in [-0.05, 0) is 77.1 Å². The predicted molar refractivity (Wildman–Crippen MR) is 161 cm³/mol. The monoisotopic (exact) mass is 612 g/mol. The standard InChI is InChI=1S/C30H37FN6O5S/c1-7-18-8-9-19(31)12-22(18)23(42-21-13-20(38)14-21)15-35-27-24(17(4)26(43-27)37-32-10-11-33-37)25(39)36(29(35)41)30(5,6)28(40)34-16(2)3/h8-12,16,20-21,23,38H,7,13-15H2,1-6H3,(H,34,40)/t20-,21+,23-/m0/s1. The van der Waals surface area contributed by atoms with Gasteiger partial charge in [-0.15, -0.1) is 4.80 Å². The minimum atomic E-state index is -1.55. The van der Waals surface area contributed by atoms with Crippen LogP contribution in [0.25, 0.3) is 15.2 Å². The van der Waals surface area contributed by atoms with Gasteiger partial charge >= 0.3 is 5.69 Å². The Labute approximate surface area is 251 Å². The first kappa shape index (κ1) is 30.8. The molecule has 3 heterocycles. The van der Waals surface area contributed by atoms with Crippen LogP contribution in [0.5, 0.6) is 0 Å². The molecule has 1 aromatic carbocycles. The molecule has 1 saturated carbocycles. The number of aryl methyl sites for hydroxylation is 2. The minimum absolute atomic E-state index is 0.0630. The van der Waals surface area contributed by atoms with E-state index in [1.54, 1.807) is 26.8 Å². The van der Waals surface area contributed by atoms with E-state index >= 15 is 0 Å². The fourth-order valence-corrected chi connectivity index (χ4v) is 6.71. The zero-order valence-electron chi connectivity index (χ0n) is 25.1. The molecule has 4 aromatic rings. The SMILES string of the molecule is CCc1ccc(F)cc1[C@H](Cn1c(=O)n(C(C)(C)C(=O)NC(C)C)c(=O)c2c(C)c(-n3nccn3)sc21)O[C@H]1C[C@@H](O)C1. The predicted octanol–water partition coefficient (Wildman–Crippen LogP) is 3.36. The van der Waals surface area contributed by atoms with Crippen molar-refractivity contribution in [3.05, 3.63) is 73.9 Å². The number of nitrogens with zero attached hydrogens (tertiary/aromatic N) is 5. The molecule has 0 aliphatic heterocycles. The molecule has 13 heteroatoms. The van der Waals surface area contributed by atoms with Crippen LogP contribution in [0.3, 0.4) is 0 Å². The van der Waals surface area contributed by atoms with Crippen LogP contribution < -0.4 is 16.6 Å². The zero-order chi connectivity index (χ0) is 31.2. The van der Waals surface area contributed by atoms with Crippen molar-refractivity contribution in [1.29, 1.82) is 0 Å². The lowest BCUT2D eigenvalue weighted by atomic mass is 9.91. The second-order valence-corrected chi connectivity index (χ2v) is 12.8. The Morgan fingerprint density at radius 2 is 1.91 bits per heavy atom. The number of nitrogens with one attached hydrogen (secondary N) is 1. The van der Waals surface area contributed by atoms with Crippen molar-refractivity contribution in [1.82, 2.24) is 29.4 Å². The van der Waals surface area contributed by atoms with Gasteiger partial charge < -0.3 is 15.2 Å². The lowest BCUT2D eigenvalue weighted by molar-refractivity contribution is -0.129. The van der Waals surface area contributed by atoms with Crippen molar-refractivity contribution < 1.29 is 19.0 Å². The van der Waals surface area contributed by atoms with Crippen LogP contribution in [0.15, 0.2) is 40.2 Å². The normalized spacial score (nSPS) is 17.8. The number of thiophene rings is 1. The Kier molecular flexibility index (Phi) is 8.43. The number of amides is 1. The van der Waals surface area contributed by atoms with Crippen LogP contribution in [0, 0.1) is 12.7 Å². The largest absolute Gasteiger partial charge is 0.393 e. The average Bonchev–Trinajstić information content (AvgIpc) is 3.57. The Hall–Kier alpha value is -3.68. The number of rotatable bonds is 10. The van der Waals surface area contributed by atoms with E-state index in [1.165, 1.54) is 59.1 Å². The van der Waals surface area contributed by atoms with Gasteiger partial charge in [0, 0.05) is 11.6 Å². The number of fused-ring (bicyclic) bond motifs is 1. The first-order valence-corrected chi connectivity index (χ1v) is 15.2. The summed E-state index contributed by atoms with van der Waals surface area (Å²) in [6, 6.07) is 4.28. The molecule has 2 N–H and O–H groups in total. The van der Waals surface area contributed by atoms with Crippen molar-refractivity contribution in [2.75, 3.05) is 0 Å². The molecule has 3 aromatic heterocycles. The third-order valence-corrected chi connectivity index (χ3v) is 9.21. The van der Waals surface area contributed by atoms with Crippen LogP contribution in [0.2, 0.25) is 0 Å². The van der Waals surface area contributed by atoms with Gasteiger partial charge in [0.1, 0.15) is 27.3 Å². The van der Waals surface area contributed by atoms with E-state index in [-0.39, 0.29) is 24.1 Å². The Morgan fingerprint density at radius 3 is 2.51 bits per heavy atom. The van der Waals surface area contributed by atoms with E-state index in [9.17, 15) is 23.9 Å². The Bertz CT molecular complexity index is 1770. The van der Waals surface area contributed by atoms with Crippen molar-refractivity contribution in [3.8, 4) is 5.00 Å². The molecule has 0 unspecified atom stereocenters. The van der Waals surface area contributed by atoms with Crippen molar-refractivity contribution in [2.45, 2.75) is 97.2 Å². The van der Waals surface area contributed by atoms with Gasteiger partial charge in [0.25, 0.3) is 5.56 Å². The molecular weight excluding hydrogens is 575 g/mol. The number of carbonyl (C=O) groups is 1. The van der Waals surface area contributed by atoms with Gasteiger partial charge in [0.2, 0.25) is 5.91 Å². The van der Waals surface area contributed by atoms with Crippen LogP contribution in [-0.4, -0.2) is 53.4 Å². The number of benzene rings is 1. The van der Waals surface area contributed by atoms with E-state index in [0.29, 0.717) is 40.2 Å². The molecule has 5 rings (SSSR count).